The Hall–Kier alpha value is -2.32. The first kappa shape index (κ1) is 25.3. The van der Waals surface area contributed by atoms with Gasteiger partial charge >= 0.3 is 11.3 Å². The van der Waals surface area contributed by atoms with E-state index >= 15 is 0 Å². The highest BCUT2D eigenvalue weighted by molar-refractivity contribution is 9.10. The third kappa shape index (κ3) is 5.21. The Labute approximate surface area is 220 Å². The molecule has 0 bridgehead atoms. The summed E-state index contributed by atoms with van der Waals surface area (Å²) < 4.78 is 56.5. The fourth-order valence-electron chi connectivity index (χ4n) is 4.57. The van der Waals surface area contributed by atoms with Crippen LogP contribution < -0.4 is 10.2 Å². The second kappa shape index (κ2) is 10.2. The number of fused-ring (bicyclic) bond motifs is 1. The zero-order chi connectivity index (χ0) is 25.4. The van der Waals surface area contributed by atoms with Gasteiger partial charge in [0, 0.05) is 24.7 Å². The number of sulfonamides is 1. The molecule has 1 aromatic carbocycles. The molecule has 36 heavy (non-hydrogen) atoms. The van der Waals surface area contributed by atoms with Crippen LogP contribution in [0.3, 0.4) is 0 Å². The summed E-state index contributed by atoms with van der Waals surface area (Å²) >= 11 is 1.71. The van der Waals surface area contributed by atoms with Crippen molar-refractivity contribution in [2.45, 2.75) is 50.2 Å². The average Bonchev–Trinajstić information content (AvgIpc) is 3.42. The van der Waals surface area contributed by atoms with Crippen molar-refractivity contribution in [1.82, 2.24) is 19.3 Å². The van der Waals surface area contributed by atoms with E-state index in [9.17, 15) is 12.6 Å². The molecule has 10 nitrogen and oxygen atoms in total. The first-order valence-corrected chi connectivity index (χ1v) is 14.8. The molecule has 0 aliphatic carbocycles. The third-order valence-electron chi connectivity index (χ3n) is 6.18. The van der Waals surface area contributed by atoms with Gasteiger partial charge in [-0.1, -0.05) is 0 Å². The van der Waals surface area contributed by atoms with Crippen LogP contribution >= 0.6 is 15.9 Å². The summed E-state index contributed by atoms with van der Waals surface area (Å²) in [6.07, 6.45) is 3.43. The summed E-state index contributed by atoms with van der Waals surface area (Å²) in [6, 6.07) is 10.5. The molecule has 1 fully saturated rings. The topological polar surface area (TPSA) is 115 Å². The Kier molecular flexibility index (Phi) is 7.18. The Balaban J connectivity index is 1.34. The molecule has 0 saturated carbocycles. The lowest BCUT2D eigenvalue weighted by molar-refractivity contribution is 0.242. The minimum atomic E-state index is -3.59. The van der Waals surface area contributed by atoms with E-state index < -0.39 is 21.3 Å². The molecule has 3 aromatic rings. The molecule has 2 aliphatic heterocycles. The predicted octanol–water partition coefficient (Wildman–Crippen LogP) is 3.67. The smallest absolute Gasteiger partial charge is 0.309 e. The van der Waals surface area contributed by atoms with Crippen LogP contribution in [0.25, 0.3) is 11.0 Å². The van der Waals surface area contributed by atoms with Crippen molar-refractivity contribution in [3.05, 3.63) is 52.8 Å². The molecule has 0 radical (unpaired) electrons. The summed E-state index contributed by atoms with van der Waals surface area (Å²) in [5.41, 5.74) is 4.46. The van der Waals surface area contributed by atoms with Crippen LogP contribution in [0.5, 0.6) is 5.75 Å². The number of nitrogens with one attached hydrogen (secondary N) is 1. The van der Waals surface area contributed by atoms with Gasteiger partial charge in [-0.25, -0.2) is 23.1 Å². The van der Waals surface area contributed by atoms with Gasteiger partial charge in [-0.3, -0.25) is 0 Å². The lowest BCUT2D eigenvalue weighted by Gasteiger charge is -2.31. The number of hydroxylamine groups is 1. The molecule has 1 saturated heterocycles. The number of benzene rings is 1. The Morgan fingerprint density at radius 2 is 1.92 bits per heavy atom. The maximum Gasteiger partial charge on any atom is 0.309 e. The van der Waals surface area contributed by atoms with Gasteiger partial charge in [0.25, 0.3) is 0 Å². The fraction of sp³-hybridized carbons (Fsp3) is 0.391. The SMILES string of the molecule is CC(C)Oc1ccc(S(=O)(=O)N2CCC(c3cn(CC4=NS(=O)ON4)c4nc(Br)ccc34)CC2)cc1. The monoisotopic (exact) mass is 595 g/mol. The first-order chi connectivity index (χ1) is 17.2. The number of nitrogens with zero attached hydrogens (tertiary/aromatic N) is 4. The van der Waals surface area contributed by atoms with Crippen molar-refractivity contribution in [3.63, 3.8) is 0 Å². The molecule has 1 atom stereocenters. The number of rotatable bonds is 7. The number of halogens is 1. The molecule has 5 rings (SSSR count). The number of hydrogen-bond acceptors (Lipinski definition) is 7. The maximum absolute atomic E-state index is 13.2. The molecule has 13 heteroatoms. The van der Waals surface area contributed by atoms with Crippen molar-refractivity contribution in [1.29, 1.82) is 0 Å². The molecule has 192 valence electrons. The summed E-state index contributed by atoms with van der Waals surface area (Å²) in [7, 11) is -3.59. The van der Waals surface area contributed by atoms with E-state index in [1.165, 1.54) is 0 Å². The van der Waals surface area contributed by atoms with E-state index in [1.807, 2.05) is 36.7 Å². The Morgan fingerprint density at radius 3 is 2.56 bits per heavy atom. The molecule has 2 aromatic heterocycles. The van der Waals surface area contributed by atoms with Gasteiger partial charge in [0.2, 0.25) is 10.0 Å². The normalized spacial score (nSPS) is 19.6. The summed E-state index contributed by atoms with van der Waals surface area (Å²) in [4.78, 5) is 4.91. The number of amidine groups is 1. The zero-order valence-corrected chi connectivity index (χ0v) is 23.0. The van der Waals surface area contributed by atoms with Crippen LogP contribution in [0.4, 0.5) is 0 Å². The number of aromatic nitrogens is 2. The lowest BCUT2D eigenvalue weighted by Crippen LogP contribution is -2.37. The quantitative estimate of drug-likeness (QED) is 0.414. The highest BCUT2D eigenvalue weighted by Gasteiger charge is 2.31. The van der Waals surface area contributed by atoms with Gasteiger partial charge in [-0.2, -0.15) is 8.59 Å². The van der Waals surface area contributed by atoms with Crippen LogP contribution in [0.2, 0.25) is 0 Å². The van der Waals surface area contributed by atoms with Crippen LogP contribution in [0.1, 0.15) is 38.2 Å². The average molecular weight is 597 g/mol. The maximum atomic E-state index is 13.2. The van der Waals surface area contributed by atoms with Gasteiger partial charge in [0.05, 0.1) is 17.5 Å². The molecular weight excluding hydrogens is 570 g/mol. The molecule has 0 spiro atoms. The fourth-order valence-corrected chi connectivity index (χ4v) is 6.82. The first-order valence-electron chi connectivity index (χ1n) is 11.6. The Morgan fingerprint density at radius 1 is 1.19 bits per heavy atom. The van der Waals surface area contributed by atoms with E-state index in [-0.39, 0.29) is 16.9 Å². The van der Waals surface area contributed by atoms with Crippen LogP contribution in [-0.4, -0.2) is 51.5 Å². The standard InChI is InChI=1S/C23H26BrN5O5S2/c1-15(2)33-17-3-5-18(6-4-17)36(31,32)29-11-9-16(10-12-29)20-13-28(14-22-26-34-35(30)27-22)23-19(20)7-8-21(24)25-23/h3-8,13,15-16H,9-12,14H2,1-2H3,(H,26,27). The van der Waals surface area contributed by atoms with Crippen LogP contribution in [0.15, 0.2) is 56.5 Å². The summed E-state index contributed by atoms with van der Waals surface area (Å²) in [5.74, 6) is 1.27. The number of pyridine rings is 1. The van der Waals surface area contributed by atoms with E-state index in [0.717, 1.165) is 16.6 Å². The Bertz CT molecular complexity index is 1430. The van der Waals surface area contributed by atoms with Gasteiger partial charge in [0.15, 0.2) is 5.84 Å². The zero-order valence-electron chi connectivity index (χ0n) is 19.8. The number of hydrogen-bond donors (Lipinski definition) is 1. The van der Waals surface area contributed by atoms with Gasteiger partial charge < -0.3 is 9.30 Å². The van der Waals surface area contributed by atoms with E-state index in [1.54, 1.807) is 28.6 Å². The molecule has 1 unspecified atom stereocenters. The second-order valence-electron chi connectivity index (χ2n) is 8.97. The molecular formula is C23H26BrN5O5S2. The highest BCUT2D eigenvalue weighted by Crippen LogP contribution is 2.36. The van der Waals surface area contributed by atoms with Crippen LogP contribution in [-0.2, 0) is 32.1 Å². The summed E-state index contributed by atoms with van der Waals surface area (Å²) in [5, 5.41) is 1.00. The summed E-state index contributed by atoms with van der Waals surface area (Å²) in [6.45, 7) is 5.04. The van der Waals surface area contributed by atoms with Crippen molar-refractivity contribution in [3.8, 4) is 5.75 Å². The third-order valence-corrected chi connectivity index (χ3v) is 9.13. The molecule has 4 heterocycles. The van der Waals surface area contributed by atoms with Crippen molar-refractivity contribution < 1.29 is 21.6 Å². The minimum absolute atomic E-state index is 0.0217. The van der Waals surface area contributed by atoms with Crippen molar-refractivity contribution in [2.24, 2.45) is 4.40 Å². The van der Waals surface area contributed by atoms with Gasteiger partial charge in [-0.05, 0) is 90.5 Å². The largest absolute Gasteiger partial charge is 0.491 e. The van der Waals surface area contributed by atoms with Gasteiger partial charge in [0.1, 0.15) is 16.0 Å². The van der Waals surface area contributed by atoms with Gasteiger partial charge in [-0.15, -0.1) is 4.40 Å². The van der Waals surface area contributed by atoms with E-state index in [2.05, 4.69) is 30.8 Å². The van der Waals surface area contributed by atoms with E-state index in [0.29, 0.717) is 48.7 Å². The number of piperidine rings is 1. The van der Waals surface area contributed by atoms with Crippen LogP contribution in [0, 0.1) is 0 Å². The van der Waals surface area contributed by atoms with Crippen molar-refractivity contribution >= 4 is 54.1 Å². The molecule has 2 aliphatic rings. The van der Waals surface area contributed by atoms with E-state index in [4.69, 9.17) is 9.02 Å². The molecule has 0 amide bonds. The minimum Gasteiger partial charge on any atom is -0.491 e. The predicted molar refractivity (Wildman–Crippen MR) is 140 cm³/mol. The number of ether oxygens (including phenoxy) is 1. The highest BCUT2D eigenvalue weighted by atomic mass is 79.9. The lowest BCUT2D eigenvalue weighted by atomic mass is 9.90. The second-order valence-corrected chi connectivity index (χ2v) is 12.5. The van der Waals surface area contributed by atoms with Crippen molar-refractivity contribution in [2.75, 3.05) is 13.1 Å². The molecule has 1 N–H and O–H groups in total.